The van der Waals surface area contributed by atoms with Gasteiger partial charge in [-0.15, -0.1) is 0 Å². The summed E-state index contributed by atoms with van der Waals surface area (Å²) in [5.74, 6) is -2.42. The molecular formula is C15H13Cl3N2O3. The fourth-order valence-electron chi connectivity index (χ4n) is 2.24. The summed E-state index contributed by atoms with van der Waals surface area (Å²) in [5, 5.41) is 2.33. The highest BCUT2D eigenvalue weighted by molar-refractivity contribution is 6.58. The second-order valence-electron chi connectivity index (χ2n) is 5.30. The predicted molar refractivity (Wildman–Crippen MR) is 89.3 cm³/mol. The van der Waals surface area contributed by atoms with E-state index in [0.717, 1.165) is 4.90 Å². The average molecular weight is 376 g/mol. The molecular weight excluding hydrogens is 363 g/mol. The molecule has 2 rings (SSSR count). The molecule has 0 unspecified atom stereocenters. The molecule has 5 nitrogen and oxygen atoms in total. The SMILES string of the molecule is CC(C)[C@@H](C(=O)Nc1cccc(Cl)c1)N1C(=O)C(Cl)=C(Cl)C1=O. The Morgan fingerprint density at radius 2 is 1.65 bits per heavy atom. The third-order valence-electron chi connectivity index (χ3n) is 3.28. The zero-order valence-electron chi connectivity index (χ0n) is 12.3. The predicted octanol–water partition coefficient (Wildman–Crippen LogP) is 3.36. The van der Waals surface area contributed by atoms with Crippen LogP contribution in [-0.4, -0.2) is 28.7 Å². The van der Waals surface area contributed by atoms with Gasteiger partial charge in [-0.05, 0) is 24.1 Å². The fourth-order valence-corrected chi connectivity index (χ4v) is 2.78. The number of carbonyl (C=O) groups excluding carboxylic acids is 3. The first-order valence-electron chi connectivity index (χ1n) is 6.73. The van der Waals surface area contributed by atoms with E-state index >= 15 is 0 Å². The average Bonchev–Trinajstić information content (AvgIpc) is 2.65. The van der Waals surface area contributed by atoms with Crippen molar-refractivity contribution in [3.05, 3.63) is 39.4 Å². The monoisotopic (exact) mass is 374 g/mol. The lowest BCUT2D eigenvalue weighted by atomic mass is 10.0. The van der Waals surface area contributed by atoms with Gasteiger partial charge in [0.2, 0.25) is 5.91 Å². The molecule has 1 atom stereocenters. The Hall–Kier alpha value is -1.56. The van der Waals surface area contributed by atoms with Crippen LogP contribution < -0.4 is 5.32 Å². The summed E-state index contributed by atoms with van der Waals surface area (Å²) in [7, 11) is 0. The van der Waals surface area contributed by atoms with Gasteiger partial charge in [0.05, 0.1) is 0 Å². The molecule has 0 radical (unpaired) electrons. The first-order valence-corrected chi connectivity index (χ1v) is 7.87. The minimum absolute atomic E-state index is 0.339. The molecule has 0 spiro atoms. The second kappa shape index (κ2) is 6.91. The molecule has 1 aliphatic rings. The lowest BCUT2D eigenvalue weighted by molar-refractivity contribution is -0.145. The van der Waals surface area contributed by atoms with E-state index in [2.05, 4.69) is 5.32 Å². The number of carbonyl (C=O) groups is 3. The largest absolute Gasteiger partial charge is 0.324 e. The Kier molecular flexibility index (Phi) is 5.34. The number of hydrogen-bond donors (Lipinski definition) is 1. The van der Waals surface area contributed by atoms with Gasteiger partial charge in [-0.3, -0.25) is 19.3 Å². The minimum Gasteiger partial charge on any atom is -0.324 e. The van der Waals surface area contributed by atoms with E-state index in [-0.39, 0.29) is 16.0 Å². The van der Waals surface area contributed by atoms with Crippen molar-refractivity contribution in [3.8, 4) is 0 Å². The van der Waals surface area contributed by atoms with E-state index in [1.807, 2.05) is 0 Å². The van der Waals surface area contributed by atoms with E-state index in [1.165, 1.54) is 0 Å². The molecule has 0 bridgehead atoms. The zero-order chi connectivity index (χ0) is 17.3. The van der Waals surface area contributed by atoms with Crippen molar-refractivity contribution in [2.45, 2.75) is 19.9 Å². The molecule has 1 aliphatic heterocycles. The third kappa shape index (κ3) is 3.52. The quantitative estimate of drug-likeness (QED) is 0.821. The first-order chi connectivity index (χ1) is 10.7. The first kappa shape index (κ1) is 17.8. The Balaban J connectivity index is 2.28. The summed E-state index contributed by atoms with van der Waals surface area (Å²) in [6.45, 7) is 3.42. The van der Waals surface area contributed by atoms with Gasteiger partial charge in [0.25, 0.3) is 11.8 Å². The number of rotatable bonds is 4. The van der Waals surface area contributed by atoms with Crippen LogP contribution in [-0.2, 0) is 14.4 Å². The smallest absolute Gasteiger partial charge is 0.274 e. The number of nitrogens with one attached hydrogen (secondary N) is 1. The van der Waals surface area contributed by atoms with Crippen LogP contribution in [0.5, 0.6) is 0 Å². The normalized spacial score (nSPS) is 16.3. The summed E-state index contributed by atoms with van der Waals surface area (Å²) in [4.78, 5) is 37.6. The van der Waals surface area contributed by atoms with Gasteiger partial charge in [0, 0.05) is 10.7 Å². The summed E-state index contributed by atoms with van der Waals surface area (Å²) in [6.07, 6.45) is 0. The summed E-state index contributed by atoms with van der Waals surface area (Å²) in [6, 6.07) is 5.49. The molecule has 8 heteroatoms. The lowest BCUT2D eigenvalue weighted by Crippen LogP contribution is -2.50. The zero-order valence-corrected chi connectivity index (χ0v) is 14.5. The van der Waals surface area contributed by atoms with Crippen LogP contribution in [0.25, 0.3) is 0 Å². The number of anilines is 1. The van der Waals surface area contributed by atoms with Crippen molar-refractivity contribution in [2.24, 2.45) is 5.92 Å². The fraction of sp³-hybridized carbons (Fsp3) is 0.267. The Bertz CT molecular complexity index is 692. The van der Waals surface area contributed by atoms with E-state index in [4.69, 9.17) is 34.8 Å². The highest BCUT2D eigenvalue weighted by Crippen LogP contribution is 2.30. The van der Waals surface area contributed by atoms with Gasteiger partial charge in [-0.25, -0.2) is 0 Å². The van der Waals surface area contributed by atoms with Gasteiger partial charge in [0.15, 0.2) is 0 Å². The number of benzene rings is 1. The van der Waals surface area contributed by atoms with E-state index in [1.54, 1.807) is 38.1 Å². The van der Waals surface area contributed by atoms with Crippen LogP contribution in [0, 0.1) is 5.92 Å². The molecule has 0 aliphatic carbocycles. The summed E-state index contributed by atoms with van der Waals surface area (Å²) >= 11 is 17.3. The van der Waals surface area contributed by atoms with Crippen molar-refractivity contribution in [2.75, 3.05) is 5.32 Å². The molecule has 122 valence electrons. The Labute approximate surface area is 148 Å². The van der Waals surface area contributed by atoms with Crippen LogP contribution in [0.15, 0.2) is 34.3 Å². The number of amides is 3. The highest BCUT2D eigenvalue weighted by atomic mass is 35.5. The molecule has 1 heterocycles. The molecule has 0 aromatic heterocycles. The van der Waals surface area contributed by atoms with Crippen LogP contribution in [0.3, 0.4) is 0 Å². The van der Waals surface area contributed by atoms with Crippen LogP contribution >= 0.6 is 34.8 Å². The maximum Gasteiger partial charge on any atom is 0.274 e. The number of imide groups is 1. The van der Waals surface area contributed by atoms with Crippen molar-refractivity contribution >= 4 is 58.2 Å². The standard InChI is InChI=1S/C15H13Cl3N2O3/c1-7(2)12(20-14(22)10(17)11(18)15(20)23)13(21)19-9-5-3-4-8(16)6-9/h3-7,12H,1-2H3,(H,19,21)/t12-/m0/s1. The number of halogens is 3. The Morgan fingerprint density at radius 1 is 1.09 bits per heavy atom. The highest BCUT2D eigenvalue weighted by Gasteiger charge is 2.44. The lowest BCUT2D eigenvalue weighted by Gasteiger charge is -2.28. The van der Waals surface area contributed by atoms with Crippen molar-refractivity contribution in [1.82, 2.24) is 4.90 Å². The molecule has 23 heavy (non-hydrogen) atoms. The third-order valence-corrected chi connectivity index (χ3v) is 4.31. The molecule has 1 aromatic rings. The molecule has 0 saturated carbocycles. The minimum atomic E-state index is -1.04. The van der Waals surface area contributed by atoms with Gasteiger partial charge in [-0.2, -0.15) is 0 Å². The van der Waals surface area contributed by atoms with Gasteiger partial charge < -0.3 is 5.32 Å². The maximum atomic E-state index is 12.6. The number of nitrogens with zero attached hydrogens (tertiary/aromatic N) is 1. The van der Waals surface area contributed by atoms with Gasteiger partial charge in [-0.1, -0.05) is 54.7 Å². The van der Waals surface area contributed by atoms with Crippen LogP contribution in [0.1, 0.15) is 13.8 Å². The van der Waals surface area contributed by atoms with Crippen LogP contribution in [0.2, 0.25) is 5.02 Å². The van der Waals surface area contributed by atoms with Crippen molar-refractivity contribution < 1.29 is 14.4 Å². The molecule has 1 aromatic carbocycles. The summed E-state index contributed by atoms with van der Waals surface area (Å²) in [5.41, 5.74) is 0.456. The number of hydrogen-bond acceptors (Lipinski definition) is 3. The molecule has 3 amide bonds. The van der Waals surface area contributed by atoms with Crippen LogP contribution in [0.4, 0.5) is 5.69 Å². The molecule has 0 fully saturated rings. The maximum absolute atomic E-state index is 12.6. The van der Waals surface area contributed by atoms with Crippen molar-refractivity contribution in [1.29, 1.82) is 0 Å². The van der Waals surface area contributed by atoms with E-state index in [9.17, 15) is 14.4 Å². The molecule has 0 saturated heterocycles. The van der Waals surface area contributed by atoms with E-state index < -0.39 is 23.8 Å². The summed E-state index contributed by atoms with van der Waals surface area (Å²) < 4.78 is 0. The van der Waals surface area contributed by atoms with Crippen molar-refractivity contribution in [3.63, 3.8) is 0 Å². The Morgan fingerprint density at radius 3 is 2.13 bits per heavy atom. The van der Waals surface area contributed by atoms with Gasteiger partial charge >= 0.3 is 0 Å². The molecule has 1 N–H and O–H groups in total. The topological polar surface area (TPSA) is 66.5 Å². The second-order valence-corrected chi connectivity index (χ2v) is 6.49. The van der Waals surface area contributed by atoms with Gasteiger partial charge in [0.1, 0.15) is 16.1 Å². The van der Waals surface area contributed by atoms with E-state index in [0.29, 0.717) is 10.7 Å².